The lowest BCUT2D eigenvalue weighted by Crippen LogP contribution is -2.38. The van der Waals surface area contributed by atoms with Gasteiger partial charge < -0.3 is 5.32 Å². The van der Waals surface area contributed by atoms with Crippen molar-refractivity contribution in [1.82, 2.24) is 21.2 Å². The van der Waals surface area contributed by atoms with E-state index in [0.717, 1.165) is 6.42 Å². The fourth-order valence-electron chi connectivity index (χ4n) is 1.56. The minimum Gasteiger partial charge on any atom is -0.304 e. The van der Waals surface area contributed by atoms with Crippen LogP contribution in [0.25, 0.3) is 0 Å². The highest BCUT2D eigenvalue weighted by Gasteiger charge is 2.22. The average Bonchev–Trinajstić information content (AvgIpc) is 2.67. The third kappa shape index (κ3) is 1.85. The molecular weight excluding hydrogens is 164 g/mol. The van der Waals surface area contributed by atoms with Gasteiger partial charge >= 0.3 is 0 Å². The Morgan fingerprint density at radius 3 is 2.77 bits per heavy atom. The van der Waals surface area contributed by atoms with E-state index in [-0.39, 0.29) is 0 Å². The first-order chi connectivity index (χ1) is 6.40. The zero-order valence-electron chi connectivity index (χ0n) is 7.62. The molecule has 0 aliphatic carbocycles. The van der Waals surface area contributed by atoms with Crippen LogP contribution in [0.3, 0.4) is 0 Å². The van der Waals surface area contributed by atoms with Crippen molar-refractivity contribution in [2.24, 2.45) is 0 Å². The standard InChI is InChI=1S/C9H14N4/c1-10-9-6-8(12-13-9)7-2-4-11-5-3-7/h2-5,8-10,12-13H,6H2,1H3. The summed E-state index contributed by atoms with van der Waals surface area (Å²) in [6.45, 7) is 0. The predicted molar refractivity (Wildman–Crippen MR) is 50.7 cm³/mol. The second kappa shape index (κ2) is 3.83. The van der Waals surface area contributed by atoms with Crippen LogP contribution < -0.4 is 16.2 Å². The van der Waals surface area contributed by atoms with Gasteiger partial charge in [0.15, 0.2) is 0 Å². The lowest BCUT2D eigenvalue weighted by Gasteiger charge is -2.08. The summed E-state index contributed by atoms with van der Waals surface area (Å²) in [4.78, 5) is 3.99. The van der Waals surface area contributed by atoms with Gasteiger partial charge in [-0.2, -0.15) is 0 Å². The van der Waals surface area contributed by atoms with E-state index in [4.69, 9.17) is 0 Å². The van der Waals surface area contributed by atoms with E-state index >= 15 is 0 Å². The Balaban J connectivity index is 2.04. The molecule has 1 saturated heterocycles. The first-order valence-electron chi connectivity index (χ1n) is 4.48. The summed E-state index contributed by atoms with van der Waals surface area (Å²) in [5.74, 6) is 0. The Labute approximate surface area is 77.7 Å². The number of pyridine rings is 1. The molecule has 0 radical (unpaired) electrons. The minimum absolute atomic E-state index is 0.359. The van der Waals surface area contributed by atoms with E-state index in [1.54, 1.807) is 0 Å². The fourth-order valence-corrected chi connectivity index (χ4v) is 1.56. The lowest BCUT2D eigenvalue weighted by molar-refractivity contribution is 0.494. The topological polar surface area (TPSA) is 49.0 Å². The van der Waals surface area contributed by atoms with Crippen molar-refractivity contribution in [3.05, 3.63) is 30.1 Å². The molecule has 2 atom stereocenters. The Morgan fingerprint density at radius 1 is 1.38 bits per heavy atom. The highest BCUT2D eigenvalue weighted by atomic mass is 15.5. The molecule has 0 saturated carbocycles. The number of hydrazine groups is 1. The van der Waals surface area contributed by atoms with Gasteiger partial charge in [-0.25, -0.2) is 10.9 Å². The summed E-state index contributed by atoms with van der Waals surface area (Å²) < 4.78 is 0. The van der Waals surface area contributed by atoms with Crippen LogP contribution in [0.5, 0.6) is 0 Å². The van der Waals surface area contributed by atoms with Crippen LogP contribution in [0.1, 0.15) is 18.0 Å². The molecule has 0 spiro atoms. The van der Waals surface area contributed by atoms with Gasteiger partial charge in [0.1, 0.15) is 0 Å². The largest absolute Gasteiger partial charge is 0.304 e. The Kier molecular flexibility index (Phi) is 2.54. The maximum atomic E-state index is 3.99. The summed E-state index contributed by atoms with van der Waals surface area (Å²) in [6.07, 6.45) is 5.06. The molecular formula is C9H14N4. The van der Waals surface area contributed by atoms with Gasteiger partial charge in [-0.1, -0.05) is 0 Å². The average molecular weight is 178 g/mol. The van der Waals surface area contributed by atoms with Gasteiger partial charge in [0, 0.05) is 18.4 Å². The number of rotatable bonds is 2. The van der Waals surface area contributed by atoms with Crippen molar-refractivity contribution in [2.45, 2.75) is 18.6 Å². The predicted octanol–water partition coefficient (Wildman–Crippen LogP) is 0.166. The first kappa shape index (κ1) is 8.62. The van der Waals surface area contributed by atoms with Crippen LogP contribution in [0.2, 0.25) is 0 Å². The number of hydrogen-bond donors (Lipinski definition) is 3. The molecule has 70 valence electrons. The van der Waals surface area contributed by atoms with Crippen molar-refractivity contribution in [3.63, 3.8) is 0 Å². The zero-order valence-corrected chi connectivity index (χ0v) is 7.62. The summed E-state index contributed by atoms with van der Waals surface area (Å²) in [5, 5.41) is 3.17. The van der Waals surface area contributed by atoms with Crippen LogP contribution >= 0.6 is 0 Å². The van der Waals surface area contributed by atoms with Crippen LogP contribution in [-0.2, 0) is 0 Å². The molecule has 1 aliphatic rings. The van der Waals surface area contributed by atoms with E-state index in [0.29, 0.717) is 12.2 Å². The number of hydrogen-bond acceptors (Lipinski definition) is 4. The van der Waals surface area contributed by atoms with Crippen molar-refractivity contribution in [2.75, 3.05) is 7.05 Å². The fraction of sp³-hybridized carbons (Fsp3) is 0.444. The third-order valence-corrected chi connectivity index (χ3v) is 2.36. The maximum absolute atomic E-state index is 3.99. The van der Waals surface area contributed by atoms with E-state index in [1.165, 1.54) is 5.56 Å². The van der Waals surface area contributed by atoms with Gasteiger partial charge in [0.2, 0.25) is 0 Å². The van der Waals surface area contributed by atoms with E-state index in [9.17, 15) is 0 Å². The molecule has 0 amide bonds. The molecule has 1 aromatic rings. The quantitative estimate of drug-likeness (QED) is 0.604. The normalized spacial score (nSPS) is 27.8. The molecule has 1 fully saturated rings. The van der Waals surface area contributed by atoms with E-state index < -0.39 is 0 Å². The van der Waals surface area contributed by atoms with Crippen LogP contribution in [-0.4, -0.2) is 18.2 Å². The lowest BCUT2D eigenvalue weighted by atomic mass is 10.1. The monoisotopic (exact) mass is 178 g/mol. The molecule has 4 nitrogen and oxygen atoms in total. The Bertz CT molecular complexity index is 262. The summed E-state index contributed by atoms with van der Waals surface area (Å²) in [7, 11) is 1.95. The van der Waals surface area contributed by atoms with Crippen molar-refractivity contribution in [3.8, 4) is 0 Å². The molecule has 4 heteroatoms. The van der Waals surface area contributed by atoms with Crippen molar-refractivity contribution in [1.29, 1.82) is 0 Å². The van der Waals surface area contributed by atoms with Crippen LogP contribution in [0, 0.1) is 0 Å². The van der Waals surface area contributed by atoms with Crippen molar-refractivity contribution >= 4 is 0 Å². The smallest absolute Gasteiger partial charge is 0.0720 e. The van der Waals surface area contributed by atoms with Crippen LogP contribution in [0.15, 0.2) is 24.5 Å². The molecule has 2 rings (SSSR count). The van der Waals surface area contributed by atoms with Gasteiger partial charge in [0.25, 0.3) is 0 Å². The summed E-state index contributed by atoms with van der Waals surface area (Å²) in [6, 6.07) is 4.47. The van der Waals surface area contributed by atoms with Gasteiger partial charge in [-0.05, 0) is 31.2 Å². The molecule has 1 aromatic heterocycles. The highest BCUT2D eigenvalue weighted by molar-refractivity contribution is 5.16. The molecule has 2 unspecified atom stereocenters. The molecule has 13 heavy (non-hydrogen) atoms. The number of nitrogens with zero attached hydrogens (tertiary/aromatic N) is 1. The summed E-state index contributed by atoms with van der Waals surface area (Å²) in [5.41, 5.74) is 7.68. The van der Waals surface area contributed by atoms with E-state index in [2.05, 4.69) is 21.2 Å². The second-order valence-corrected chi connectivity index (χ2v) is 3.20. The van der Waals surface area contributed by atoms with Crippen molar-refractivity contribution < 1.29 is 0 Å². The van der Waals surface area contributed by atoms with Gasteiger partial charge in [-0.15, -0.1) is 0 Å². The third-order valence-electron chi connectivity index (χ3n) is 2.36. The first-order valence-corrected chi connectivity index (χ1v) is 4.48. The molecule has 0 aromatic carbocycles. The second-order valence-electron chi connectivity index (χ2n) is 3.20. The summed E-state index contributed by atoms with van der Waals surface area (Å²) >= 11 is 0. The zero-order chi connectivity index (χ0) is 9.10. The highest BCUT2D eigenvalue weighted by Crippen LogP contribution is 2.19. The Morgan fingerprint density at radius 2 is 2.15 bits per heavy atom. The molecule has 1 aliphatic heterocycles. The molecule has 3 N–H and O–H groups in total. The molecule has 0 bridgehead atoms. The maximum Gasteiger partial charge on any atom is 0.0720 e. The minimum atomic E-state index is 0.359. The Hall–Kier alpha value is -0.970. The number of aromatic nitrogens is 1. The van der Waals surface area contributed by atoms with E-state index in [1.807, 2.05) is 31.6 Å². The number of nitrogens with one attached hydrogen (secondary N) is 3. The van der Waals surface area contributed by atoms with Gasteiger partial charge in [-0.3, -0.25) is 4.98 Å². The van der Waals surface area contributed by atoms with Gasteiger partial charge in [0.05, 0.1) is 6.17 Å². The SMILES string of the molecule is CNC1CC(c2ccncc2)NN1. The molecule has 2 heterocycles. The van der Waals surface area contributed by atoms with Crippen LogP contribution in [0.4, 0.5) is 0 Å².